The number of likely N-dealkylation sites (tertiary alicyclic amines) is 1. The van der Waals surface area contributed by atoms with Crippen molar-refractivity contribution in [2.24, 2.45) is 11.8 Å². The first-order valence-corrected chi connectivity index (χ1v) is 15.7. The van der Waals surface area contributed by atoms with E-state index >= 15 is 0 Å². The molecule has 1 unspecified atom stereocenters. The molecule has 2 atom stereocenters. The van der Waals surface area contributed by atoms with E-state index < -0.39 is 23.4 Å². The molecule has 238 valence electrons. The smallest absolute Gasteiger partial charge is 0.435 e. The fourth-order valence-corrected chi connectivity index (χ4v) is 6.34. The third-order valence-electron chi connectivity index (χ3n) is 8.62. The molecule has 0 bridgehead atoms. The Morgan fingerprint density at radius 2 is 1.91 bits per heavy atom. The van der Waals surface area contributed by atoms with Crippen molar-refractivity contribution in [3.8, 4) is 0 Å². The number of pyridine rings is 1. The number of alkyl halides is 3. The molecule has 1 N–H and O–H groups in total. The highest BCUT2D eigenvalue weighted by molar-refractivity contribution is 5.70. The van der Waals surface area contributed by atoms with Crippen LogP contribution in [-0.2, 0) is 24.0 Å². The van der Waals surface area contributed by atoms with Crippen molar-refractivity contribution in [1.82, 2.24) is 19.7 Å². The lowest BCUT2D eigenvalue weighted by Gasteiger charge is -2.34. The van der Waals surface area contributed by atoms with Crippen LogP contribution in [0.15, 0.2) is 42.7 Å². The number of carbonyl (C=O) groups excluding carboxylic acids is 1. The molecule has 44 heavy (non-hydrogen) atoms. The Morgan fingerprint density at radius 1 is 1.14 bits per heavy atom. The lowest BCUT2D eigenvalue weighted by molar-refractivity contribution is -0.138. The van der Waals surface area contributed by atoms with Gasteiger partial charge in [0.1, 0.15) is 5.60 Å². The molecule has 2 aromatic heterocycles. The number of halogens is 3. The van der Waals surface area contributed by atoms with Crippen molar-refractivity contribution in [2.45, 2.75) is 97.5 Å². The molecule has 1 aliphatic carbocycles. The van der Waals surface area contributed by atoms with E-state index in [1.807, 2.05) is 52.0 Å². The number of anilines is 1. The quantitative estimate of drug-likeness (QED) is 0.277. The van der Waals surface area contributed by atoms with E-state index in [2.05, 4.69) is 27.2 Å². The van der Waals surface area contributed by atoms with Gasteiger partial charge in [-0.3, -0.25) is 9.88 Å². The second-order valence-electron chi connectivity index (χ2n) is 13.6. The zero-order valence-corrected chi connectivity index (χ0v) is 26.4. The Labute approximate surface area is 258 Å². The number of aryl methyl sites for hydroxylation is 1. The van der Waals surface area contributed by atoms with Crippen LogP contribution in [0, 0.1) is 18.8 Å². The summed E-state index contributed by atoms with van der Waals surface area (Å²) in [5.41, 5.74) is 2.64. The van der Waals surface area contributed by atoms with Gasteiger partial charge in [0, 0.05) is 37.1 Å². The van der Waals surface area contributed by atoms with Crippen molar-refractivity contribution in [1.29, 1.82) is 0 Å². The summed E-state index contributed by atoms with van der Waals surface area (Å²) in [6.45, 7) is 11.8. The van der Waals surface area contributed by atoms with E-state index in [9.17, 15) is 18.0 Å². The summed E-state index contributed by atoms with van der Waals surface area (Å²) < 4.78 is 49.2. The van der Waals surface area contributed by atoms with Crippen LogP contribution in [0.3, 0.4) is 0 Å². The standard InChI is InChI=1S/C34H44F3N5O2/c1-22-9-8-14-41(19-22)21-24-15-28(34(35,36)37)29(39-17-24)18-38-27-13-7-12-26(16-27)30(25-10-6-11-25)31-23(2)20-42(40-31)32(43)44-33(3,4)5/h7,12-13,15-17,20,22,25,30,38H,6,8-11,14,18-19,21H2,1-5H3/t22-,30?/m0/s1. The first-order chi connectivity index (χ1) is 20.8. The monoisotopic (exact) mass is 611 g/mol. The molecule has 0 radical (unpaired) electrons. The first kappa shape index (κ1) is 32.0. The summed E-state index contributed by atoms with van der Waals surface area (Å²) in [6, 6.07) is 9.02. The first-order valence-electron chi connectivity index (χ1n) is 15.7. The fraction of sp³-hybridized carbons (Fsp3) is 0.559. The second kappa shape index (κ2) is 12.9. The van der Waals surface area contributed by atoms with Crippen LogP contribution in [0.5, 0.6) is 0 Å². The number of hydrogen-bond acceptors (Lipinski definition) is 6. The Morgan fingerprint density at radius 3 is 2.57 bits per heavy atom. The highest BCUT2D eigenvalue weighted by Crippen LogP contribution is 2.44. The summed E-state index contributed by atoms with van der Waals surface area (Å²) >= 11 is 0. The van der Waals surface area contributed by atoms with Crippen LogP contribution in [0.4, 0.5) is 23.7 Å². The Bertz CT molecular complexity index is 1460. The lowest BCUT2D eigenvalue weighted by Crippen LogP contribution is -2.33. The average Bonchev–Trinajstić information content (AvgIpc) is 3.30. The van der Waals surface area contributed by atoms with Crippen LogP contribution in [0.25, 0.3) is 0 Å². The maximum absolute atomic E-state index is 14.2. The normalized spacial score (nSPS) is 19.0. The highest BCUT2D eigenvalue weighted by atomic mass is 19.4. The van der Waals surface area contributed by atoms with Gasteiger partial charge in [0.25, 0.3) is 0 Å². The lowest BCUT2D eigenvalue weighted by atomic mass is 9.71. The van der Waals surface area contributed by atoms with E-state index in [0.717, 1.165) is 62.0 Å². The summed E-state index contributed by atoms with van der Waals surface area (Å²) in [5, 5.41) is 7.87. The van der Waals surface area contributed by atoms with Crippen LogP contribution in [0.1, 0.15) is 99.4 Å². The zero-order valence-electron chi connectivity index (χ0n) is 26.4. The predicted octanol–water partition coefficient (Wildman–Crippen LogP) is 8.16. The van der Waals surface area contributed by atoms with E-state index in [4.69, 9.17) is 4.74 Å². The Kier molecular flexibility index (Phi) is 9.39. The summed E-state index contributed by atoms with van der Waals surface area (Å²) in [4.78, 5) is 19.2. The Balaban J connectivity index is 1.35. The molecule has 0 amide bonds. The average molecular weight is 612 g/mol. The zero-order chi connectivity index (χ0) is 31.6. The molecule has 5 rings (SSSR count). The molecule has 3 heterocycles. The minimum Gasteiger partial charge on any atom is -0.442 e. The molecular weight excluding hydrogens is 567 g/mol. The molecule has 1 aromatic carbocycles. The van der Waals surface area contributed by atoms with Gasteiger partial charge in [-0.1, -0.05) is 25.5 Å². The van der Waals surface area contributed by atoms with Gasteiger partial charge in [-0.15, -0.1) is 0 Å². The number of aromatic nitrogens is 3. The molecule has 10 heteroatoms. The highest BCUT2D eigenvalue weighted by Gasteiger charge is 2.35. The molecular formula is C34H44F3N5O2. The van der Waals surface area contributed by atoms with Gasteiger partial charge < -0.3 is 10.1 Å². The SMILES string of the molecule is Cc1cn(C(=O)OC(C)(C)C)nc1C(c1cccc(NCc2ncc(CN3CCC[C@H](C)C3)cc2C(F)(F)F)c1)C1CCC1. The predicted molar refractivity (Wildman–Crippen MR) is 164 cm³/mol. The third kappa shape index (κ3) is 7.81. The third-order valence-corrected chi connectivity index (χ3v) is 8.62. The van der Waals surface area contributed by atoms with Crippen molar-refractivity contribution in [3.63, 3.8) is 0 Å². The topological polar surface area (TPSA) is 72.3 Å². The number of nitrogens with zero attached hydrogens (tertiary/aromatic N) is 4. The minimum absolute atomic E-state index is 0.0267. The van der Waals surface area contributed by atoms with Gasteiger partial charge in [-0.05, 0) is 107 Å². The largest absolute Gasteiger partial charge is 0.442 e. The van der Waals surface area contributed by atoms with E-state index in [0.29, 0.717) is 29.6 Å². The van der Waals surface area contributed by atoms with Crippen molar-refractivity contribution in [3.05, 3.63) is 76.4 Å². The molecule has 3 aromatic rings. The van der Waals surface area contributed by atoms with Crippen molar-refractivity contribution >= 4 is 11.8 Å². The van der Waals surface area contributed by atoms with E-state index in [1.165, 1.54) is 10.7 Å². The minimum atomic E-state index is -4.50. The fourth-order valence-electron chi connectivity index (χ4n) is 6.34. The van der Waals surface area contributed by atoms with Gasteiger partial charge in [0.05, 0.1) is 23.5 Å². The van der Waals surface area contributed by atoms with Crippen molar-refractivity contribution < 1.29 is 22.7 Å². The number of ether oxygens (including phenoxy) is 1. The molecule has 1 saturated heterocycles. The van der Waals surface area contributed by atoms with Crippen LogP contribution < -0.4 is 5.32 Å². The maximum atomic E-state index is 14.2. The van der Waals surface area contributed by atoms with E-state index in [1.54, 1.807) is 12.4 Å². The Hall–Kier alpha value is -3.40. The van der Waals surface area contributed by atoms with Gasteiger partial charge in [0.2, 0.25) is 0 Å². The molecule has 7 nitrogen and oxygen atoms in total. The summed E-state index contributed by atoms with van der Waals surface area (Å²) in [6.07, 6.45) is 3.69. The number of nitrogens with one attached hydrogen (secondary N) is 1. The van der Waals surface area contributed by atoms with Gasteiger partial charge >= 0.3 is 12.3 Å². The molecule has 2 aliphatic rings. The number of hydrogen-bond donors (Lipinski definition) is 1. The number of benzene rings is 1. The molecule has 0 spiro atoms. The number of carbonyl (C=O) groups is 1. The van der Waals surface area contributed by atoms with Crippen LogP contribution in [-0.4, -0.2) is 44.4 Å². The van der Waals surface area contributed by atoms with Crippen LogP contribution >= 0.6 is 0 Å². The van der Waals surface area contributed by atoms with Gasteiger partial charge in [-0.25, -0.2) is 4.79 Å². The summed E-state index contributed by atoms with van der Waals surface area (Å²) in [5.74, 6) is 0.862. The van der Waals surface area contributed by atoms with Gasteiger partial charge in [0.15, 0.2) is 0 Å². The van der Waals surface area contributed by atoms with Crippen molar-refractivity contribution in [2.75, 3.05) is 18.4 Å². The number of piperidine rings is 1. The van der Waals surface area contributed by atoms with E-state index in [-0.39, 0.29) is 18.2 Å². The van der Waals surface area contributed by atoms with Crippen LogP contribution in [0.2, 0.25) is 0 Å². The second-order valence-corrected chi connectivity index (χ2v) is 13.6. The molecule has 1 aliphatic heterocycles. The summed E-state index contributed by atoms with van der Waals surface area (Å²) in [7, 11) is 0. The number of rotatable bonds is 8. The maximum Gasteiger partial charge on any atom is 0.435 e. The van der Waals surface area contributed by atoms with Gasteiger partial charge in [-0.2, -0.15) is 23.0 Å². The molecule has 1 saturated carbocycles. The molecule has 2 fully saturated rings.